The van der Waals surface area contributed by atoms with Gasteiger partial charge in [0.15, 0.2) is 0 Å². The Morgan fingerprint density at radius 1 is 1.27 bits per heavy atom. The zero-order valence-electron chi connectivity index (χ0n) is 12.6. The van der Waals surface area contributed by atoms with Gasteiger partial charge in [-0.2, -0.15) is 0 Å². The van der Waals surface area contributed by atoms with Gasteiger partial charge in [-0.05, 0) is 53.3 Å². The molecule has 22 heavy (non-hydrogen) atoms. The van der Waals surface area contributed by atoms with Gasteiger partial charge in [-0.1, -0.05) is 37.6 Å². The molecule has 1 aliphatic heterocycles. The van der Waals surface area contributed by atoms with E-state index in [1.54, 1.807) is 18.2 Å². The molecule has 1 atom stereocenters. The zero-order chi connectivity index (χ0) is 15.9. The third kappa shape index (κ3) is 2.69. The average molecular weight is 316 g/mol. The normalized spacial score (nSPS) is 19.1. The molecule has 0 bridgehead atoms. The monoisotopic (exact) mass is 315 g/mol. The van der Waals surface area contributed by atoms with Gasteiger partial charge in [0.2, 0.25) is 0 Å². The summed E-state index contributed by atoms with van der Waals surface area (Å²) in [5.74, 6) is -0.900. The van der Waals surface area contributed by atoms with Gasteiger partial charge in [-0.25, -0.2) is 4.79 Å². The Morgan fingerprint density at radius 2 is 2.05 bits per heavy atom. The maximum absolute atomic E-state index is 11.2. The minimum Gasteiger partial charge on any atom is -0.478 e. The Morgan fingerprint density at radius 3 is 2.77 bits per heavy atom. The van der Waals surface area contributed by atoms with E-state index in [9.17, 15) is 9.90 Å². The maximum Gasteiger partial charge on any atom is 0.335 e. The van der Waals surface area contributed by atoms with E-state index in [-0.39, 0.29) is 11.5 Å². The number of nitrogens with one attached hydrogen (secondary N) is 1. The number of hydrogen-bond donors (Lipinski definition) is 2. The standard InChI is InChI=1S/C18H18ClNO2/c1-18(2)10-13-9-14(19)6-7-15(13)20-16(18)11-4-3-5-12(8-11)17(21)22/h3-9,16,20H,10H2,1-2H3,(H,21,22)/t16-/m0/s1. The summed E-state index contributed by atoms with van der Waals surface area (Å²) in [5, 5.41) is 13.5. The molecular weight excluding hydrogens is 298 g/mol. The topological polar surface area (TPSA) is 49.3 Å². The highest BCUT2D eigenvalue weighted by Crippen LogP contribution is 2.45. The Bertz CT molecular complexity index is 740. The predicted octanol–water partition coefficient (Wildman–Crippen LogP) is 4.77. The van der Waals surface area contributed by atoms with Gasteiger partial charge < -0.3 is 10.4 Å². The Balaban J connectivity index is 2.02. The van der Waals surface area contributed by atoms with Crippen molar-refractivity contribution in [3.63, 3.8) is 0 Å². The number of benzene rings is 2. The molecule has 2 aromatic carbocycles. The summed E-state index contributed by atoms with van der Waals surface area (Å²) in [4.78, 5) is 11.2. The van der Waals surface area contributed by atoms with Crippen LogP contribution in [0.5, 0.6) is 0 Å². The minimum atomic E-state index is -0.900. The van der Waals surface area contributed by atoms with Gasteiger partial charge in [0, 0.05) is 10.7 Å². The third-order valence-electron chi connectivity index (χ3n) is 4.26. The quantitative estimate of drug-likeness (QED) is 0.839. The largest absolute Gasteiger partial charge is 0.478 e. The first kappa shape index (κ1) is 14.9. The van der Waals surface area contributed by atoms with Gasteiger partial charge in [-0.15, -0.1) is 0 Å². The van der Waals surface area contributed by atoms with Crippen molar-refractivity contribution in [2.45, 2.75) is 26.3 Å². The van der Waals surface area contributed by atoms with Crippen molar-refractivity contribution in [2.24, 2.45) is 5.41 Å². The van der Waals surface area contributed by atoms with Crippen molar-refractivity contribution >= 4 is 23.3 Å². The molecule has 0 aliphatic carbocycles. The molecule has 0 radical (unpaired) electrons. The number of carboxylic acids is 1. The minimum absolute atomic E-state index is 0.0468. The van der Waals surface area contributed by atoms with Crippen LogP contribution >= 0.6 is 11.6 Å². The number of rotatable bonds is 2. The summed E-state index contributed by atoms with van der Waals surface area (Å²) in [5.41, 5.74) is 3.52. The number of fused-ring (bicyclic) bond motifs is 1. The number of carbonyl (C=O) groups is 1. The van der Waals surface area contributed by atoms with Crippen LogP contribution in [-0.2, 0) is 6.42 Å². The first-order chi connectivity index (χ1) is 10.4. The van der Waals surface area contributed by atoms with Gasteiger partial charge in [-0.3, -0.25) is 0 Å². The van der Waals surface area contributed by atoms with E-state index in [4.69, 9.17) is 11.6 Å². The zero-order valence-corrected chi connectivity index (χ0v) is 13.3. The van der Waals surface area contributed by atoms with E-state index >= 15 is 0 Å². The van der Waals surface area contributed by atoms with Crippen LogP contribution < -0.4 is 5.32 Å². The molecule has 114 valence electrons. The van der Waals surface area contributed by atoms with E-state index in [0.29, 0.717) is 5.56 Å². The van der Waals surface area contributed by atoms with E-state index in [1.165, 1.54) is 5.56 Å². The van der Waals surface area contributed by atoms with Crippen LogP contribution in [0.1, 0.15) is 41.4 Å². The van der Waals surface area contributed by atoms with Crippen molar-refractivity contribution in [1.29, 1.82) is 0 Å². The highest BCUT2D eigenvalue weighted by atomic mass is 35.5. The Labute approximate surface area is 134 Å². The van der Waals surface area contributed by atoms with Crippen molar-refractivity contribution in [3.8, 4) is 0 Å². The summed E-state index contributed by atoms with van der Waals surface area (Å²) < 4.78 is 0. The molecule has 2 N–H and O–H groups in total. The highest BCUT2D eigenvalue weighted by Gasteiger charge is 2.36. The summed E-state index contributed by atoms with van der Waals surface area (Å²) >= 11 is 6.09. The van der Waals surface area contributed by atoms with E-state index in [0.717, 1.165) is 22.7 Å². The second-order valence-corrected chi connectivity index (χ2v) is 6.91. The van der Waals surface area contributed by atoms with Gasteiger partial charge in [0.1, 0.15) is 0 Å². The van der Waals surface area contributed by atoms with E-state index < -0.39 is 5.97 Å². The molecular formula is C18H18ClNO2. The molecule has 1 heterocycles. The predicted molar refractivity (Wildman–Crippen MR) is 88.7 cm³/mol. The Kier molecular flexibility index (Phi) is 3.61. The first-order valence-corrected chi connectivity index (χ1v) is 7.63. The van der Waals surface area contributed by atoms with E-state index in [1.807, 2.05) is 24.3 Å². The molecule has 0 saturated carbocycles. The van der Waals surface area contributed by atoms with Crippen LogP contribution in [0.2, 0.25) is 5.02 Å². The number of aromatic carboxylic acids is 1. The average Bonchev–Trinajstić information content (AvgIpc) is 2.45. The molecule has 0 amide bonds. The van der Waals surface area contributed by atoms with Gasteiger partial charge in [0.05, 0.1) is 11.6 Å². The summed E-state index contributed by atoms with van der Waals surface area (Å²) in [6.45, 7) is 4.36. The first-order valence-electron chi connectivity index (χ1n) is 7.25. The number of carboxylic acid groups (broad SMARTS) is 1. The van der Waals surface area contributed by atoms with Crippen LogP contribution in [-0.4, -0.2) is 11.1 Å². The molecule has 0 spiro atoms. The van der Waals surface area contributed by atoms with Crippen LogP contribution in [0.15, 0.2) is 42.5 Å². The molecule has 0 unspecified atom stereocenters. The fourth-order valence-electron chi connectivity index (χ4n) is 3.18. The van der Waals surface area contributed by atoms with Crippen LogP contribution in [0.4, 0.5) is 5.69 Å². The van der Waals surface area contributed by atoms with Gasteiger partial charge >= 0.3 is 5.97 Å². The van der Waals surface area contributed by atoms with Crippen molar-refractivity contribution < 1.29 is 9.90 Å². The lowest BCUT2D eigenvalue weighted by Crippen LogP contribution is -2.35. The number of anilines is 1. The fraction of sp³-hybridized carbons (Fsp3) is 0.278. The smallest absolute Gasteiger partial charge is 0.335 e. The molecule has 3 rings (SSSR count). The van der Waals surface area contributed by atoms with Crippen molar-refractivity contribution in [3.05, 3.63) is 64.2 Å². The summed E-state index contributed by atoms with van der Waals surface area (Å²) in [7, 11) is 0. The molecule has 0 saturated heterocycles. The van der Waals surface area contributed by atoms with Gasteiger partial charge in [0.25, 0.3) is 0 Å². The molecule has 4 heteroatoms. The third-order valence-corrected chi connectivity index (χ3v) is 4.50. The lowest BCUT2D eigenvalue weighted by molar-refractivity contribution is 0.0696. The molecule has 2 aromatic rings. The summed E-state index contributed by atoms with van der Waals surface area (Å²) in [6, 6.07) is 13.1. The van der Waals surface area contributed by atoms with Crippen LogP contribution in [0.25, 0.3) is 0 Å². The van der Waals surface area contributed by atoms with Crippen molar-refractivity contribution in [2.75, 3.05) is 5.32 Å². The van der Waals surface area contributed by atoms with Crippen LogP contribution in [0, 0.1) is 5.41 Å². The highest BCUT2D eigenvalue weighted by molar-refractivity contribution is 6.30. The Hall–Kier alpha value is -2.00. The number of hydrogen-bond acceptors (Lipinski definition) is 2. The lowest BCUT2D eigenvalue weighted by atomic mass is 9.73. The van der Waals surface area contributed by atoms with Crippen molar-refractivity contribution in [1.82, 2.24) is 0 Å². The van der Waals surface area contributed by atoms with Crippen LogP contribution in [0.3, 0.4) is 0 Å². The molecule has 3 nitrogen and oxygen atoms in total. The molecule has 0 fully saturated rings. The lowest BCUT2D eigenvalue weighted by Gasteiger charge is -2.41. The molecule has 1 aliphatic rings. The summed E-state index contributed by atoms with van der Waals surface area (Å²) in [6.07, 6.45) is 0.887. The number of halogens is 1. The second kappa shape index (κ2) is 5.33. The fourth-order valence-corrected chi connectivity index (χ4v) is 3.37. The van der Waals surface area contributed by atoms with E-state index in [2.05, 4.69) is 19.2 Å². The SMILES string of the molecule is CC1(C)Cc2cc(Cl)ccc2N[C@H]1c1cccc(C(=O)O)c1. The molecule has 0 aromatic heterocycles. The second-order valence-electron chi connectivity index (χ2n) is 6.47. The maximum atomic E-state index is 11.2.